The first-order valence-electron chi connectivity index (χ1n) is 7.60. The number of Topliss-reactive ketones (excluding diaryl/α,β-unsaturated/α-hetero) is 1. The van der Waals surface area contributed by atoms with E-state index in [1.54, 1.807) is 20.1 Å². The van der Waals surface area contributed by atoms with Crippen molar-refractivity contribution in [3.05, 3.63) is 59.9 Å². The van der Waals surface area contributed by atoms with E-state index >= 15 is 0 Å². The number of hydrogen-bond donors (Lipinski definition) is 1. The van der Waals surface area contributed by atoms with Crippen LogP contribution in [0.15, 0.2) is 53.7 Å². The van der Waals surface area contributed by atoms with Crippen molar-refractivity contribution >= 4 is 17.5 Å². The van der Waals surface area contributed by atoms with Gasteiger partial charge in [0.1, 0.15) is 11.6 Å². The van der Waals surface area contributed by atoms with Gasteiger partial charge < -0.3 is 4.74 Å². The lowest BCUT2D eigenvalue weighted by atomic mass is 10.1. The van der Waals surface area contributed by atoms with Crippen LogP contribution >= 0.6 is 11.8 Å². The fourth-order valence-electron chi connectivity index (χ4n) is 2.27. The molecule has 7 heteroatoms. The third kappa shape index (κ3) is 4.06. The average molecular weight is 357 g/mol. The van der Waals surface area contributed by atoms with Gasteiger partial charge in [0, 0.05) is 11.1 Å². The number of thioether (sulfide) groups is 1. The Morgan fingerprint density at radius 2 is 2.00 bits per heavy atom. The molecule has 5 nitrogen and oxygen atoms in total. The van der Waals surface area contributed by atoms with Crippen LogP contribution in [0.2, 0.25) is 0 Å². The van der Waals surface area contributed by atoms with Crippen LogP contribution in [0.25, 0.3) is 11.4 Å². The number of aromatic amines is 1. The summed E-state index contributed by atoms with van der Waals surface area (Å²) in [6.45, 7) is 1.75. The maximum absolute atomic E-state index is 13.3. The number of aromatic nitrogens is 3. The van der Waals surface area contributed by atoms with Gasteiger partial charge in [0.15, 0.2) is 11.6 Å². The van der Waals surface area contributed by atoms with E-state index in [0.29, 0.717) is 16.5 Å². The molecule has 0 saturated heterocycles. The number of hydrogen-bond acceptors (Lipinski definition) is 5. The molecule has 128 valence electrons. The molecule has 3 aromatic rings. The standard InChI is InChI=1S/C18H16FN3O2S/c1-11(16(23)13-4-3-5-14(19)10-13)25-18-20-17(21-22-18)12-6-8-15(24-2)9-7-12/h3-11H,1-2H3,(H,20,21,22). The van der Waals surface area contributed by atoms with Gasteiger partial charge in [-0.25, -0.2) is 9.37 Å². The Morgan fingerprint density at radius 3 is 2.68 bits per heavy atom. The van der Waals surface area contributed by atoms with Gasteiger partial charge in [-0.3, -0.25) is 9.89 Å². The number of carbonyl (C=O) groups is 1. The number of methoxy groups -OCH3 is 1. The van der Waals surface area contributed by atoms with Crippen LogP contribution in [-0.2, 0) is 0 Å². The van der Waals surface area contributed by atoms with Crippen LogP contribution in [0, 0.1) is 5.82 Å². The van der Waals surface area contributed by atoms with Gasteiger partial charge in [0.2, 0.25) is 5.16 Å². The van der Waals surface area contributed by atoms with Crippen LogP contribution in [-0.4, -0.2) is 33.3 Å². The predicted octanol–water partition coefficient (Wildman–Crippen LogP) is 3.98. The zero-order valence-corrected chi connectivity index (χ0v) is 14.5. The maximum atomic E-state index is 13.3. The summed E-state index contributed by atoms with van der Waals surface area (Å²) < 4.78 is 18.4. The minimum Gasteiger partial charge on any atom is -0.497 e. The number of benzene rings is 2. The Morgan fingerprint density at radius 1 is 1.24 bits per heavy atom. The number of halogens is 1. The number of nitrogens with one attached hydrogen (secondary N) is 1. The largest absolute Gasteiger partial charge is 0.497 e. The Kier molecular flexibility index (Phi) is 5.14. The van der Waals surface area contributed by atoms with E-state index in [1.807, 2.05) is 24.3 Å². The molecule has 3 rings (SSSR count). The molecule has 0 fully saturated rings. The molecular formula is C18H16FN3O2S. The second-order valence-corrected chi connectivity index (χ2v) is 6.64. The van der Waals surface area contributed by atoms with E-state index in [9.17, 15) is 9.18 Å². The van der Waals surface area contributed by atoms with Crippen molar-refractivity contribution < 1.29 is 13.9 Å². The molecule has 1 heterocycles. The van der Waals surface area contributed by atoms with Crippen LogP contribution in [0.3, 0.4) is 0 Å². The molecule has 0 aliphatic rings. The highest BCUT2D eigenvalue weighted by Crippen LogP contribution is 2.25. The summed E-state index contributed by atoms with van der Waals surface area (Å²) in [6.07, 6.45) is 0. The third-order valence-corrected chi connectivity index (χ3v) is 4.55. The summed E-state index contributed by atoms with van der Waals surface area (Å²) in [6, 6.07) is 13.1. The second-order valence-electron chi connectivity index (χ2n) is 5.33. The molecule has 0 aliphatic carbocycles. The summed E-state index contributed by atoms with van der Waals surface area (Å²) in [4.78, 5) is 16.8. The number of rotatable bonds is 6. The monoisotopic (exact) mass is 357 g/mol. The van der Waals surface area contributed by atoms with E-state index in [2.05, 4.69) is 15.2 Å². The molecule has 1 atom stereocenters. The number of nitrogens with zero attached hydrogens (tertiary/aromatic N) is 2. The summed E-state index contributed by atoms with van der Waals surface area (Å²) in [5.41, 5.74) is 1.20. The fourth-order valence-corrected chi connectivity index (χ4v) is 3.07. The van der Waals surface area contributed by atoms with Crippen molar-refractivity contribution in [3.63, 3.8) is 0 Å². The van der Waals surface area contributed by atoms with Crippen LogP contribution in [0.4, 0.5) is 4.39 Å². The quantitative estimate of drug-likeness (QED) is 0.534. The van der Waals surface area contributed by atoms with Crippen molar-refractivity contribution in [2.24, 2.45) is 0 Å². The molecule has 0 amide bonds. The lowest BCUT2D eigenvalue weighted by Crippen LogP contribution is -2.13. The smallest absolute Gasteiger partial charge is 0.209 e. The van der Waals surface area contributed by atoms with Gasteiger partial charge in [-0.05, 0) is 43.3 Å². The average Bonchev–Trinajstić information content (AvgIpc) is 3.09. The lowest BCUT2D eigenvalue weighted by molar-refractivity contribution is 0.0993. The van der Waals surface area contributed by atoms with E-state index in [-0.39, 0.29) is 5.78 Å². The first-order chi connectivity index (χ1) is 12.1. The fraction of sp³-hybridized carbons (Fsp3) is 0.167. The second kappa shape index (κ2) is 7.48. The predicted molar refractivity (Wildman–Crippen MR) is 94.4 cm³/mol. The minimum absolute atomic E-state index is 0.166. The molecule has 1 unspecified atom stereocenters. The topological polar surface area (TPSA) is 67.9 Å². The Bertz CT molecular complexity index is 880. The number of ether oxygens (including phenoxy) is 1. The van der Waals surface area contributed by atoms with Crippen molar-refractivity contribution in [3.8, 4) is 17.1 Å². The van der Waals surface area contributed by atoms with E-state index in [0.717, 1.165) is 11.3 Å². The van der Waals surface area contributed by atoms with Gasteiger partial charge >= 0.3 is 0 Å². The lowest BCUT2D eigenvalue weighted by Gasteiger charge is -2.07. The first-order valence-corrected chi connectivity index (χ1v) is 8.48. The zero-order chi connectivity index (χ0) is 17.8. The van der Waals surface area contributed by atoms with Gasteiger partial charge in [-0.1, -0.05) is 23.9 Å². The van der Waals surface area contributed by atoms with E-state index in [4.69, 9.17) is 4.74 Å². The molecular weight excluding hydrogens is 341 g/mol. The highest BCUT2D eigenvalue weighted by molar-refractivity contribution is 8.00. The first kappa shape index (κ1) is 17.2. The summed E-state index contributed by atoms with van der Waals surface area (Å²) in [7, 11) is 1.61. The molecule has 0 aliphatic heterocycles. The van der Waals surface area contributed by atoms with Crippen molar-refractivity contribution in [2.75, 3.05) is 7.11 Å². The molecule has 2 aromatic carbocycles. The van der Waals surface area contributed by atoms with Crippen molar-refractivity contribution in [1.29, 1.82) is 0 Å². The highest BCUT2D eigenvalue weighted by Gasteiger charge is 2.19. The molecule has 1 N–H and O–H groups in total. The molecule has 1 aromatic heterocycles. The SMILES string of the molecule is COc1ccc(-c2nc(SC(C)C(=O)c3cccc(F)c3)n[nH]2)cc1. The Hall–Kier alpha value is -2.67. The van der Waals surface area contributed by atoms with Crippen molar-refractivity contribution in [2.45, 2.75) is 17.3 Å². The molecule has 0 bridgehead atoms. The summed E-state index contributed by atoms with van der Waals surface area (Å²) in [5, 5.41) is 7.03. The van der Waals surface area contributed by atoms with Gasteiger partial charge in [0.25, 0.3) is 0 Å². The zero-order valence-electron chi connectivity index (χ0n) is 13.7. The maximum Gasteiger partial charge on any atom is 0.209 e. The minimum atomic E-state index is -0.429. The van der Waals surface area contributed by atoms with Crippen LogP contribution in [0.1, 0.15) is 17.3 Å². The van der Waals surface area contributed by atoms with Gasteiger partial charge in [-0.15, -0.1) is 5.10 Å². The van der Waals surface area contributed by atoms with Crippen molar-refractivity contribution in [1.82, 2.24) is 15.2 Å². The Labute approximate surface area is 148 Å². The normalized spacial score (nSPS) is 12.0. The molecule has 0 spiro atoms. The molecule has 0 saturated carbocycles. The summed E-state index contributed by atoms with van der Waals surface area (Å²) in [5.74, 6) is 0.769. The highest BCUT2D eigenvalue weighted by atomic mass is 32.2. The van der Waals surface area contributed by atoms with Gasteiger partial charge in [-0.2, -0.15) is 0 Å². The van der Waals surface area contributed by atoms with Gasteiger partial charge in [0.05, 0.1) is 12.4 Å². The number of H-pyrrole nitrogens is 1. The molecule has 0 radical (unpaired) electrons. The summed E-state index contributed by atoms with van der Waals surface area (Å²) >= 11 is 1.23. The Balaban J connectivity index is 1.71. The number of ketones is 1. The van der Waals surface area contributed by atoms with Crippen LogP contribution in [0.5, 0.6) is 5.75 Å². The molecule has 25 heavy (non-hydrogen) atoms. The van der Waals surface area contributed by atoms with E-state index in [1.165, 1.54) is 30.0 Å². The van der Waals surface area contributed by atoms with Crippen LogP contribution < -0.4 is 4.74 Å². The third-order valence-electron chi connectivity index (χ3n) is 3.59. The number of carbonyl (C=O) groups excluding carboxylic acids is 1. The van der Waals surface area contributed by atoms with E-state index < -0.39 is 11.1 Å².